The zero-order chi connectivity index (χ0) is 19.8. The molecule has 2 N–H and O–H groups in total. The van der Waals surface area contributed by atoms with Gasteiger partial charge in [0.1, 0.15) is 11.9 Å². The molecule has 8 nitrogen and oxygen atoms in total. The van der Waals surface area contributed by atoms with E-state index in [0.29, 0.717) is 32.8 Å². The number of aryl methyl sites for hydroxylation is 1. The molecule has 1 aliphatic rings. The molecule has 1 aliphatic heterocycles. The number of ether oxygens (including phenoxy) is 2. The average Bonchev–Trinajstić information content (AvgIpc) is 2.61. The summed E-state index contributed by atoms with van der Waals surface area (Å²) in [6, 6.07) is 7.62. The van der Waals surface area contributed by atoms with Crippen LogP contribution in [0.5, 0.6) is 5.75 Å². The first-order chi connectivity index (χ1) is 12.8. The normalized spacial score (nSPS) is 18.2. The minimum atomic E-state index is -0.884. The Labute approximate surface area is 160 Å². The molecule has 0 bridgehead atoms. The van der Waals surface area contributed by atoms with Gasteiger partial charge in [0.25, 0.3) is 0 Å². The van der Waals surface area contributed by atoms with Crippen LogP contribution in [0.4, 0.5) is 4.79 Å². The quantitative estimate of drug-likeness (QED) is 0.705. The minimum absolute atomic E-state index is 0.0556. The lowest BCUT2D eigenvalue weighted by Gasteiger charge is -2.34. The van der Waals surface area contributed by atoms with Crippen LogP contribution in [0, 0.1) is 6.92 Å². The van der Waals surface area contributed by atoms with Crippen molar-refractivity contribution < 1.29 is 24.2 Å². The summed E-state index contributed by atoms with van der Waals surface area (Å²) in [6.07, 6.45) is -0.356. The monoisotopic (exact) mass is 379 g/mol. The minimum Gasteiger partial charge on any atom is -0.489 e. The summed E-state index contributed by atoms with van der Waals surface area (Å²) >= 11 is 0. The molecule has 2 unspecified atom stereocenters. The molecule has 2 rings (SSSR count). The first-order valence-corrected chi connectivity index (χ1v) is 9.11. The van der Waals surface area contributed by atoms with Gasteiger partial charge in [-0.1, -0.05) is 17.7 Å². The number of carboxylic acid groups (broad SMARTS) is 1. The van der Waals surface area contributed by atoms with E-state index in [-0.39, 0.29) is 24.8 Å². The highest BCUT2D eigenvalue weighted by molar-refractivity contribution is 5.74. The van der Waals surface area contributed by atoms with Gasteiger partial charge in [0.05, 0.1) is 25.8 Å². The Balaban J connectivity index is 1.74. The highest BCUT2D eigenvalue weighted by atomic mass is 16.5. The second-order valence-electron chi connectivity index (χ2n) is 6.96. The average molecular weight is 379 g/mol. The summed E-state index contributed by atoms with van der Waals surface area (Å²) in [5.41, 5.74) is 1.17. The van der Waals surface area contributed by atoms with Gasteiger partial charge in [-0.15, -0.1) is 0 Å². The molecule has 150 valence electrons. The predicted octanol–water partition coefficient (Wildman–Crippen LogP) is 1.19. The highest BCUT2D eigenvalue weighted by Crippen LogP contribution is 2.13. The molecule has 0 radical (unpaired) electrons. The van der Waals surface area contributed by atoms with Crippen LogP contribution < -0.4 is 10.1 Å². The predicted molar refractivity (Wildman–Crippen MR) is 101 cm³/mol. The molecule has 1 fully saturated rings. The molecule has 27 heavy (non-hydrogen) atoms. The van der Waals surface area contributed by atoms with Gasteiger partial charge in [0.2, 0.25) is 0 Å². The van der Waals surface area contributed by atoms with E-state index in [9.17, 15) is 9.59 Å². The Morgan fingerprint density at radius 3 is 2.78 bits per heavy atom. The first kappa shape index (κ1) is 21.0. The summed E-state index contributed by atoms with van der Waals surface area (Å²) in [5.74, 6) is -0.110. The third kappa shape index (κ3) is 7.44. The fourth-order valence-electron chi connectivity index (χ4n) is 2.89. The number of carbonyl (C=O) groups excluding carboxylic acids is 1. The lowest BCUT2D eigenvalue weighted by Crippen LogP contribution is -2.53. The number of likely N-dealkylation sites (N-methyl/N-ethyl adjacent to an activating group) is 1. The SMILES string of the molecule is Cc1ccc(OC(C)CNC(=O)N2CCOC(CN(C)CC(=O)O)C2)cc1. The Morgan fingerprint density at radius 1 is 1.41 bits per heavy atom. The second-order valence-corrected chi connectivity index (χ2v) is 6.96. The summed E-state index contributed by atoms with van der Waals surface area (Å²) in [5, 5.41) is 11.7. The van der Waals surface area contributed by atoms with E-state index in [1.54, 1.807) is 16.8 Å². The smallest absolute Gasteiger partial charge is 0.317 e. The molecular formula is C19H29N3O5. The lowest BCUT2D eigenvalue weighted by molar-refractivity contribution is -0.138. The number of morpholine rings is 1. The Hall–Kier alpha value is -2.32. The molecule has 0 aromatic heterocycles. The third-order valence-corrected chi connectivity index (χ3v) is 4.25. The van der Waals surface area contributed by atoms with E-state index in [2.05, 4.69) is 5.32 Å². The number of hydrogen-bond donors (Lipinski definition) is 2. The maximum atomic E-state index is 12.4. The first-order valence-electron chi connectivity index (χ1n) is 9.11. The van der Waals surface area contributed by atoms with Gasteiger partial charge in [-0.25, -0.2) is 4.79 Å². The summed E-state index contributed by atoms with van der Waals surface area (Å²) in [7, 11) is 1.72. The van der Waals surface area contributed by atoms with Gasteiger partial charge in [0, 0.05) is 19.6 Å². The van der Waals surface area contributed by atoms with E-state index in [4.69, 9.17) is 14.6 Å². The van der Waals surface area contributed by atoms with E-state index in [1.165, 1.54) is 5.56 Å². The van der Waals surface area contributed by atoms with Crippen LogP contribution in [0.3, 0.4) is 0 Å². The highest BCUT2D eigenvalue weighted by Gasteiger charge is 2.25. The topological polar surface area (TPSA) is 91.3 Å². The Morgan fingerprint density at radius 2 is 2.11 bits per heavy atom. The molecule has 1 saturated heterocycles. The summed E-state index contributed by atoms with van der Waals surface area (Å²) < 4.78 is 11.4. The zero-order valence-corrected chi connectivity index (χ0v) is 16.2. The fraction of sp³-hybridized carbons (Fsp3) is 0.579. The van der Waals surface area contributed by atoms with Gasteiger partial charge < -0.3 is 24.8 Å². The van der Waals surface area contributed by atoms with E-state index < -0.39 is 5.97 Å². The number of nitrogens with one attached hydrogen (secondary N) is 1. The van der Waals surface area contributed by atoms with Crippen molar-refractivity contribution >= 4 is 12.0 Å². The van der Waals surface area contributed by atoms with Crippen molar-refractivity contribution in [1.82, 2.24) is 15.1 Å². The number of nitrogens with zero attached hydrogens (tertiary/aromatic N) is 2. The number of aliphatic carboxylic acids is 1. The Bertz CT molecular complexity index is 622. The van der Waals surface area contributed by atoms with Gasteiger partial charge >= 0.3 is 12.0 Å². The molecule has 1 aromatic carbocycles. The van der Waals surface area contributed by atoms with E-state index in [1.807, 2.05) is 38.1 Å². The van der Waals surface area contributed by atoms with Crippen molar-refractivity contribution in [3.8, 4) is 5.75 Å². The molecule has 2 atom stereocenters. The number of urea groups is 1. The maximum Gasteiger partial charge on any atom is 0.317 e. The molecular weight excluding hydrogens is 350 g/mol. The molecule has 0 spiro atoms. The maximum absolute atomic E-state index is 12.4. The van der Waals surface area contributed by atoms with Crippen molar-refractivity contribution in [1.29, 1.82) is 0 Å². The van der Waals surface area contributed by atoms with Crippen molar-refractivity contribution in [2.45, 2.75) is 26.1 Å². The third-order valence-electron chi connectivity index (χ3n) is 4.25. The number of carboxylic acids is 1. The van der Waals surface area contributed by atoms with Gasteiger partial charge in [-0.2, -0.15) is 0 Å². The standard InChI is InChI=1S/C19H29N3O5/c1-14-4-6-16(7-5-14)27-15(2)10-20-19(25)22-8-9-26-17(12-22)11-21(3)13-18(23)24/h4-7,15,17H,8-13H2,1-3H3,(H,20,25)(H,23,24). The van der Waals surface area contributed by atoms with Crippen LogP contribution in [-0.4, -0.2) is 85.5 Å². The number of hydrogen-bond acceptors (Lipinski definition) is 5. The van der Waals surface area contributed by atoms with Crippen LogP contribution in [0.2, 0.25) is 0 Å². The van der Waals surface area contributed by atoms with Gasteiger partial charge in [0.15, 0.2) is 0 Å². The lowest BCUT2D eigenvalue weighted by atomic mass is 10.2. The van der Waals surface area contributed by atoms with Crippen LogP contribution in [0.1, 0.15) is 12.5 Å². The fourth-order valence-corrected chi connectivity index (χ4v) is 2.89. The molecule has 0 aliphatic carbocycles. The summed E-state index contributed by atoms with van der Waals surface area (Å²) in [4.78, 5) is 26.5. The van der Waals surface area contributed by atoms with Gasteiger partial charge in [-0.3, -0.25) is 9.69 Å². The van der Waals surface area contributed by atoms with Crippen molar-refractivity contribution in [2.75, 3.05) is 46.4 Å². The van der Waals surface area contributed by atoms with E-state index >= 15 is 0 Å². The zero-order valence-electron chi connectivity index (χ0n) is 16.2. The molecule has 1 heterocycles. The number of benzene rings is 1. The van der Waals surface area contributed by atoms with Crippen molar-refractivity contribution in [2.24, 2.45) is 0 Å². The number of rotatable bonds is 8. The van der Waals surface area contributed by atoms with Crippen LogP contribution >= 0.6 is 0 Å². The summed E-state index contributed by atoms with van der Waals surface area (Å²) in [6.45, 7) is 6.11. The van der Waals surface area contributed by atoms with Crippen molar-refractivity contribution in [3.63, 3.8) is 0 Å². The number of carbonyl (C=O) groups is 2. The van der Waals surface area contributed by atoms with Crippen molar-refractivity contribution in [3.05, 3.63) is 29.8 Å². The van der Waals surface area contributed by atoms with Crippen LogP contribution in [0.25, 0.3) is 0 Å². The van der Waals surface area contributed by atoms with Crippen LogP contribution in [-0.2, 0) is 9.53 Å². The van der Waals surface area contributed by atoms with Gasteiger partial charge in [-0.05, 0) is 33.0 Å². The number of amides is 2. The molecule has 8 heteroatoms. The molecule has 0 saturated carbocycles. The molecule has 2 amide bonds. The van der Waals surface area contributed by atoms with E-state index in [0.717, 1.165) is 5.75 Å². The molecule has 1 aromatic rings. The van der Waals surface area contributed by atoms with Crippen LogP contribution in [0.15, 0.2) is 24.3 Å². The Kier molecular flexibility index (Phi) is 7.87. The largest absolute Gasteiger partial charge is 0.489 e. The second kappa shape index (κ2) is 10.1.